The number of para-hydroxylation sites is 1. The molecule has 1 unspecified atom stereocenters. The summed E-state index contributed by atoms with van der Waals surface area (Å²) < 4.78 is 5.52. The van der Waals surface area contributed by atoms with E-state index in [0.29, 0.717) is 12.3 Å². The molecular weight excluding hydrogens is 254 g/mol. The van der Waals surface area contributed by atoms with E-state index < -0.39 is 0 Å². The third kappa shape index (κ3) is 2.20. The highest BCUT2D eigenvalue weighted by Gasteiger charge is 2.30. The van der Waals surface area contributed by atoms with E-state index in [9.17, 15) is 9.90 Å². The molecule has 102 valence electrons. The monoisotopic (exact) mass is 269 g/mol. The van der Waals surface area contributed by atoms with Crippen LogP contribution in [0.5, 0.6) is 11.5 Å². The van der Waals surface area contributed by atoms with Gasteiger partial charge in [-0.15, -0.1) is 0 Å². The quantitative estimate of drug-likeness (QED) is 0.824. The lowest BCUT2D eigenvalue weighted by atomic mass is 10.0. The average Bonchev–Trinajstić information content (AvgIpc) is 2.86. The Morgan fingerprint density at radius 1 is 1.30 bits per heavy atom. The molecule has 20 heavy (non-hydrogen) atoms. The van der Waals surface area contributed by atoms with Crippen LogP contribution in [0.1, 0.15) is 17.0 Å². The molecule has 0 bridgehead atoms. The Kier molecular flexibility index (Phi) is 3.06. The number of hydrogen-bond donors (Lipinski definition) is 2. The first kappa shape index (κ1) is 12.5. The van der Waals surface area contributed by atoms with E-state index in [4.69, 9.17) is 4.74 Å². The van der Waals surface area contributed by atoms with Crippen LogP contribution in [-0.2, 0) is 4.79 Å². The number of anilines is 1. The molecule has 0 aliphatic carbocycles. The predicted molar refractivity (Wildman–Crippen MR) is 76.2 cm³/mol. The number of ether oxygens (including phenoxy) is 1. The van der Waals surface area contributed by atoms with Crippen LogP contribution in [0.4, 0.5) is 5.69 Å². The van der Waals surface area contributed by atoms with Crippen LogP contribution < -0.4 is 10.1 Å². The van der Waals surface area contributed by atoms with Crippen LogP contribution in [0.15, 0.2) is 42.5 Å². The van der Waals surface area contributed by atoms with Crippen LogP contribution in [0.25, 0.3) is 0 Å². The molecule has 2 N–H and O–H groups in total. The maximum atomic E-state index is 12.4. The Balaban J connectivity index is 1.81. The molecule has 1 atom stereocenters. The Morgan fingerprint density at radius 2 is 2.10 bits per heavy atom. The van der Waals surface area contributed by atoms with Gasteiger partial charge in [-0.1, -0.05) is 18.2 Å². The molecule has 0 saturated carbocycles. The highest BCUT2D eigenvalue weighted by atomic mass is 16.5. The van der Waals surface area contributed by atoms with E-state index in [1.54, 1.807) is 18.2 Å². The summed E-state index contributed by atoms with van der Waals surface area (Å²) in [5.74, 6) is 0.577. The van der Waals surface area contributed by atoms with Crippen molar-refractivity contribution < 1.29 is 14.6 Å². The lowest BCUT2D eigenvalue weighted by Gasteiger charge is -2.12. The maximum absolute atomic E-state index is 12.4. The Hall–Kier alpha value is -2.49. The first-order chi connectivity index (χ1) is 9.65. The van der Waals surface area contributed by atoms with Crippen molar-refractivity contribution in [1.29, 1.82) is 0 Å². The number of nitrogens with one attached hydrogen (secondary N) is 1. The van der Waals surface area contributed by atoms with Gasteiger partial charge in [-0.3, -0.25) is 4.79 Å². The molecule has 2 aromatic carbocycles. The minimum Gasteiger partial charge on any atom is -0.508 e. The number of benzene rings is 2. The second-order valence-electron chi connectivity index (χ2n) is 4.89. The number of phenols is 1. The molecule has 0 fully saturated rings. The first-order valence-electron chi connectivity index (χ1n) is 6.47. The molecule has 2 aromatic rings. The Morgan fingerprint density at radius 3 is 2.90 bits per heavy atom. The molecule has 3 rings (SSSR count). The van der Waals surface area contributed by atoms with Gasteiger partial charge in [0.2, 0.25) is 5.91 Å². The summed E-state index contributed by atoms with van der Waals surface area (Å²) in [6.07, 6.45) is 0. The number of amides is 1. The summed E-state index contributed by atoms with van der Waals surface area (Å²) in [5, 5.41) is 12.3. The van der Waals surface area contributed by atoms with Crippen molar-refractivity contribution in [3.63, 3.8) is 0 Å². The molecule has 4 nitrogen and oxygen atoms in total. The highest BCUT2D eigenvalue weighted by Crippen LogP contribution is 2.34. The van der Waals surface area contributed by atoms with Gasteiger partial charge in [0.15, 0.2) is 0 Å². The van der Waals surface area contributed by atoms with E-state index in [1.165, 1.54) is 0 Å². The minimum absolute atomic E-state index is 0.0938. The van der Waals surface area contributed by atoms with Gasteiger partial charge in [-0.2, -0.15) is 0 Å². The summed E-state index contributed by atoms with van der Waals surface area (Å²) >= 11 is 0. The molecule has 0 radical (unpaired) electrons. The van der Waals surface area contributed by atoms with Gasteiger partial charge in [0.1, 0.15) is 24.0 Å². The summed E-state index contributed by atoms with van der Waals surface area (Å²) in [4.78, 5) is 12.4. The number of aromatic hydroxyl groups is 1. The molecule has 1 aliphatic rings. The number of phenolic OH excluding ortho intramolecular Hbond substituents is 1. The third-order valence-corrected chi connectivity index (χ3v) is 3.48. The molecular formula is C16H15NO3. The lowest BCUT2D eigenvalue weighted by molar-refractivity contribution is -0.117. The molecule has 0 aromatic heterocycles. The van der Waals surface area contributed by atoms with Gasteiger partial charge in [0.05, 0.1) is 0 Å². The number of hydrogen-bond acceptors (Lipinski definition) is 3. The van der Waals surface area contributed by atoms with Crippen LogP contribution >= 0.6 is 0 Å². The second kappa shape index (κ2) is 4.89. The SMILES string of the molecule is Cc1cc(O)ccc1NC(=O)C1COc2ccccc21. The molecule has 1 aliphatic heterocycles. The summed E-state index contributed by atoms with van der Waals surface area (Å²) in [7, 11) is 0. The Bertz CT molecular complexity index is 667. The van der Waals surface area contributed by atoms with Crippen molar-refractivity contribution in [1.82, 2.24) is 0 Å². The van der Waals surface area contributed by atoms with Crippen molar-refractivity contribution >= 4 is 11.6 Å². The lowest BCUT2D eigenvalue weighted by Crippen LogP contribution is -2.22. The smallest absolute Gasteiger partial charge is 0.235 e. The summed E-state index contributed by atoms with van der Waals surface area (Å²) in [6, 6.07) is 12.5. The van der Waals surface area contributed by atoms with Crippen molar-refractivity contribution in [3.05, 3.63) is 53.6 Å². The maximum Gasteiger partial charge on any atom is 0.235 e. The van der Waals surface area contributed by atoms with Crippen LogP contribution in [0.2, 0.25) is 0 Å². The van der Waals surface area contributed by atoms with Gasteiger partial charge in [-0.05, 0) is 36.8 Å². The van der Waals surface area contributed by atoms with Crippen molar-refractivity contribution in [2.45, 2.75) is 12.8 Å². The summed E-state index contributed by atoms with van der Waals surface area (Å²) in [6.45, 7) is 2.21. The van der Waals surface area contributed by atoms with Crippen LogP contribution in [-0.4, -0.2) is 17.6 Å². The van der Waals surface area contributed by atoms with Crippen LogP contribution in [0, 0.1) is 6.92 Å². The van der Waals surface area contributed by atoms with Gasteiger partial charge >= 0.3 is 0 Å². The first-order valence-corrected chi connectivity index (χ1v) is 6.47. The van der Waals surface area contributed by atoms with E-state index >= 15 is 0 Å². The van der Waals surface area contributed by atoms with Gasteiger partial charge in [-0.25, -0.2) is 0 Å². The Labute approximate surface area is 117 Å². The van der Waals surface area contributed by atoms with Crippen molar-refractivity contribution in [2.24, 2.45) is 0 Å². The molecule has 1 heterocycles. The van der Waals surface area contributed by atoms with Crippen molar-refractivity contribution in [3.8, 4) is 11.5 Å². The fourth-order valence-corrected chi connectivity index (χ4v) is 2.39. The van der Waals surface area contributed by atoms with E-state index in [1.807, 2.05) is 31.2 Å². The number of carbonyl (C=O) groups is 1. The van der Waals surface area contributed by atoms with E-state index in [0.717, 1.165) is 16.9 Å². The second-order valence-corrected chi connectivity index (χ2v) is 4.89. The molecule has 1 amide bonds. The van der Waals surface area contributed by atoms with Gasteiger partial charge in [0, 0.05) is 11.3 Å². The van der Waals surface area contributed by atoms with Gasteiger partial charge in [0.25, 0.3) is 0 Å². The molecule has 4 heteroatoms. The topological polar surface area (TPSA) is 58.6 Å². The molecule has 0 saturated heterocycles. The predicted octanol–water partition coefficient (Wildman–Crippen LogP) is 2.82. The van der Waals surface area contributed by atoms with E-state index in [-0.39, 0.29) is 17.6 Å². The number of carbonyl (C=O) groups excluding carboxylic acids is 1. The zero-order valence-electron chi connectivity index (χ0n) is 11.1. The normalized spacial score (nSPS) is 16.4. The number of aryl methyl sites for hydroxylation is 1. The van der Waals surface area contributed by atoms with Crippen molar-refractivity contribution in [2.75, 3.05) is 11.9 Å². The van der Waals surface area contributed by atoms with Crippen LogP contribution in [0.3, 0.4) is 0 Å². The third-order valence-electron chi connectivity index (χ3n) is 3.48. The van der Waals surface area contributed by atoms with E-state index in [2.05, 4.69) is 5.32 Å². The molecule has 0 spiro atoms. The minimum atomic E-state index is -0.292. The fourth-order valence-electron chi connectivity index (χ4n) is 2.39. The average molecular weight is 269 g/mol. The van der Waals surface area contributed by atoms with Gasteiger partial charge < -0.3 is 15.2 Å². The highest BCUT2D eigenvalue weighted by molar-refractivity contribution is 5.97. The summed E-state index contributed by atoms with van der Waals surface area (Å²) in [5.41, 5.74) is 2.45. The number of rotatable bonds is 2. The number of fused-ring (bicyclic) bond motifs is 1. The zero-order valence-corrected chi connectivity index (χ0v) is 11.1. The fraction of sp³-hybridized carbons (Fsp3) is 0.188. The largest absolute Gasteiger partial charge is 0.508 e. The zero-order chi connectivity index (χ0) is 14.1. The standard InChI is InChI=1S/C16H15NO3/c1-10-8-11(18)6-7-14(10)17-16(19)13-9-20-15-5-3-2-4-12(13)15/h2-8,13,18H,9H2,1H3,(H,17,19).